The SMILES string of the molecule is [2H]c1c(N)c([2H])c(Cl)c(Oc2nnc(Cl)c(C(C)C)c2Cl)c1Cl. The van der Waals surface area contributed by atoms with E-state index in [1.54, 1.807) is 0 Å². The topological polar surface area (TPSA) is 61.0 Å². The Kier molecular flexibility index (Phi) is 4.21. The van der Waals surface area contributed by atoms with Crippen LogP contribution in [0.4, 0.5) is 5.69 Å². The maximum atomic E-state index is 7.78. The van der Waals surface area contributed by atoms with Gasteiger partial charge in [-0.15, -0.1) is 10.2 Å². The highest BCUT2D eigenvalue weighted by molar-refractivity contribution is 6.38. The van der Waals surface area contributed by atoms with E-state index in [2.05, 4.69) is 10.2 Å². The summed E-state index contributed by atoms with van der Waals surface area (Å²) < 4.78 is 21.1. The molecule has 0 aliphatic heterocycles. The fourth-order valence-electron chi connectivity index (χ4n) is 1.61. The van der Waals surface area contributed by atoms with Crippen LogP contribution in [0.1, 0.15) is 28.1 Å². The molecule has 0 aliphatic carbocycles. The zero-order chi connectivity index (χ0) is 17.5. The van der Waals surface area contributed by atoms with E-state index in [9.17, 15) is 0 Å². The van der Waals surface area contributed by atoms with Gasteiger partial charge in [0.15, 0.2) is 10.9 Å². The highest BCUT2D eigenvalue weighted by Crippen LogP contribution is 2.41. The van der Waals surface area contributed by atoms with Gasteiger partial charge in [-0.05, 0) is 18.0 Å². The van der Waals surface area contributed by atoms with E-state index in [-0.39, 0.29) is 55.5 Å². The highest BCUT2D eigenvalue weighted by atomic mass is 35.5. The molecule has 0 saturated heterocycles. The van der Waals surface area contributed by atoms with Gasteiger partial charge in [0.05, 0.1) is 12.8 Å². The van der Waals surface area contributed by atoms with E-state index in [1.807, 2.05) is 13.8 Å². The number of rotatable bonds is 3. The zero-order valence-corrected chi connectivity index (χ0v) is 14.0. The van der Waals surface area contributed by atoms with Gasteiger partial charge in [0.25, 0.3) is 5.88 Å². The molecule has 0 aliphatic rings. The van der Waals surface area contributed by atoms with E-state index in [0.717, 1.165) is 0 Å². The predicted octanol–water partition coefficient (Wildman–Crippen LogP) is 5.59. The number of nitrogen functional groups attached to an aromatic ring is 1. The van der Waals surface area contributed by atoms with Crippen molar-refractivity contribution < 1.29 is 7.48 Å². The molecule has 1 aromatic heterocycles. The minimum absolute atomic E-state index is 0.0244. The molecular weight excluding hydrogens is 356 g/mol. The first kappa shape index (κ1) is 13.7. The summed E-state index contributed by atoms with van der Waals surface area (Å²) in [5, 5.41) is 7.57. The molecule has 0 amide bonds. The molecule has 0 bridgehead atoms. The predicted molar refractivity (Wildman–Crippen MR) is 87.1 cm³/mol. The van der Waals surface area contributed by atoms with E-state index < -0.39 is 0 Å². The lowest BCUT2D eigenvalue weighted by Gasteiger charge is -2.14. The van der Waals surface area contributed by atoms with Crippen LogP contribution in [0.5, 0.6) is 11.6 Å². The van der Waals surface area contributed by atoms with Gasteiger partial charge < -0.3 is 10.5 Å². The molecule has 0 saturated carbocycles. The summed E-state index contributed by atoms with van der Waals surface area (Å²) in [6.45, 7) is 3.76. The molecular formula is C13H11Cl4N3O. The van der Waals surface area contributed by atoms with Crippen LogP contribution in [0.3, 0.4) is 0 Å². The second-order valence-electron chi connectivity index (χ2n) is 4.40. The van der Waals surface area contributed by atoms with E-state index in [1.165, 1.54) is 0 Å². The van der Waals surface area contributed by atoms with Gasteiger partial charge >= 0.3 is 0 Å². The fraction of sp³-hybridized carbons (Fsp3) is 0.231. The highest BCUT2D eigenvalue weighted by Gasteiger charge is 2.20. The summed E-state index contributed by atoms with van der Waals surface area (Å²) in [5.74, 6) is -0.235. The van der Waals surface area contributed by atoms with Gasteiger partial charge in [0.2, 0.25) is 0 Å². The quantitative estimate of drug-likeness (QED) is 0.717. The zero-order valence-electron chi connectivity index (χ0n) is 13.0. The first-order valence-corrected chi connectivity index (χ1v) is 7.31. The summed E-state index contributed by atoms with van der Waals surface area (Å²) >= 11 is 24.3. The number of hydrogen-bond donors (Lipinski definition) is 1. The van der Waals surface area contributed by atoms with Crippen molar-refractivity contribution in [1.82, 2.24) is 10.2 Å². The number of ether oxygens (including phenoxy) is 1. The third kappa shape index (κ3) is 3.46. The Labute approximate surface area is 144 Å². The van der Waals surface area contributed by atoms with E-state index >= 15 is 0 Å². The van der Waals surface area contributed by atoms with Crippen LogP contribution < -0.4 is 10.5 Å². The van der Waals surface area contributed by atoms with Crippen LogP contribution in [-0.2, 0) is 0 Å². The van der Waals surface area contributed by atoms with E-state index in [0.29, 0.717) is 5.56 Å². The number of halogens is 4. The van der Waals surface area contributed by atoms with Gasteiger partial charge in [0.1, 0.15) is 5.02 Å². The molecule has 8 heteroatoms. The summed E-state index contributed by atoms with van der Waals surface area (Å²) in [6.07, 6.45) is 0. The summed E-state index contributed by atoms with van der Waals surface area (Å²) in [7, 11) is 0. The van der Waals surface area contributed by atoms with Crippen molar-refractivity contribution in [3.05, 3.63) is 37.9 Å². The second-order valence-corrected chi connectivity index (χ2v) is 5.89. The van der Waals surface area contributed by atoms with Crippen LogP contribution in [0, 0.1) is 0 Å². The van der Waals surface area contributed by atoms with Crippen LogP contribution in [0.2, 0.25) is 20.2 Å². The average molecular weight is 369 g/mol. The second kappa shape index (κ2) is 6.44. The van der Waals surface area contributed by atoms with Gasteiger partial charge in [-0.25, -0.2) is 0 Å². The van der Waals surface area contributed by atoms with Crippen molar-refractivity contribution in [2.24, 2.45) is 0 Å². The van der Waals surface area contributed by atoms with Gasteiger partial charge in [-0.2, -0.15) is 0 Å². The Bertz CT molecular complexity index is 758. The minimum atomic E-state index is -0.266. The number of anilines is 1. The lowest BCUT2D eigenvalue weighted by Crippen LogP contribution is -2.00. The standard InChI is InChI=1S/C13H11Cl4N3O/c1-5(2)9-10(16)13(20-19-12(9)17)21-11-7(14)3-6(18)4-8(11)15/h3-5H,18H2,1-2H3/i3D,4D. The van der Waals surface area contributed by atoms with Crippen molar-refractivity contribution >= 4 is 52.1 Å². The van der Waals surface area contributed by atoms with E-state index in [4.69, 9.17) is 59.6 Å². The van der Waals surface area contributed by atoms with Crippen LogP contribution in [0.25, 0.3) is 0 Å². The smallest absolute Gasteiger partial charge is 0.258 e. The van der Waals surface area contributed by atoms with Crippen molar-refractivity contribution in [2.45, 2.75) is 19.8 Å². The first-order valence-electron chi connectivity index (χ1n) is 6.79. The van der Waals surface area contributed by atoms with Crippen LogP contribution in [-0.4, -0.2) is 10.2 Å². The third-order valence-electron chi connectivity index (χ3n) is 2.54. The lowest BCUT2D eigenvalue weighted by molar-refractivity contribution is 0.454. The number of aromatic nitrogens is 2. The summed E-state index contributed by atoms with van der Waals surface area (Å²) in [6, 6.07) is -0.531. The number of nitrogens with two attached hydrogens (primary N) is 1. The Balaban J connectivity index is 2.60. The van der Waals surface area contributed by atoms with Crippen LogP contribution >= 0.6 is 46.4 Å². The summed E-state index contributed by atoms with van der Waals surface area (Å²) in [5.41, 5.74) is 5.99. The number of hydrogen-bond acceptors (Lipinski definition) is 4. The van der Waals surface area contributed by atoms with Gasteiger partial charge in [-0.3, -0.25) is 0 Å². The maximum absolute atomic E-state index is 7.78. The molecule has 21 heavy (non-hydrogen) atoms. The first-order chi connectivity index (χ1) is 10.7. The molecule has 0 spiro atoms. The molecule has 2 N–H and O–H groups in total. The molecule has 0 radical (unpaired) electrons. The lowest BCUT2D eigenvalue weighted by atomic mass is 10.1. The number of nitrogens with zero attached hydrogens (tertiary/aromatic N) is 2. The normalized spacial score (nSPS) is 12.3. The molecule has 112 valence electrons. The van der Waals surface area contributed by atoms with Crippen molar-refractivity contribution in [2.75, 3.05) is 5.73 Å². The van der Waals surface area contributed by atoms with Crippen molar-refractivity contribution in [1.29, 1.82) is 0 Å². The average Bonchev–Trinajstić information content (AvgIpc) is 2.49. The minimum Gasteiger partial charge on any atom is -0.433 e. The number of benzene rings is 1. The van der Waals surface area contributed by atoms with Crippen molar-refractivity contribution in [3.63, 3.8) is 0 Å². The Hall–Kier alpha value is -0.940. The fourth-order valence-corrected chi connectivity index (χ4v) is 2.91. The molecule has 2 rings (SSSR count). The summed E-state index contributed by atoms with van der Waals surface area (Å²) in [4.78, 5) is 0. The Morgan fingerprint density at radius 1 is 1.14 bits per heavy atom. The molecule has 1 aromatic carbocycles. The Morgan fingerprint density at radius 3 is 2.24 bits per heavy atom. The molecule has 0 atom stereocenters. The monoisotopic (exact) mass is 367 g/mol. The van der Waals surface area contributed by atoms with Crippen molar-refractivity contribution in [3.8, 4) is 11.6 Å². The van der Waals surface area contributed by atoms with Crippen LogP contribution in [0.15, 0.2) is 12.1 Å². The molecule has 0 unspecified atom stereocenters. The molecule has 2 aromatic rings. The third-order valence-corrected chi connectivity index (χ3v) is 3.72. The molecule has 4 nitrogen and oxygen atoms in total. The maximum Gasteiger partial charge on any atom is 0.258 e. The molecule has 1 heterocycles. The van der Waals surface area contributed by atoms with Gasteiger partial charge in [-0.1, -0.05) is 60.3 Å². The largest absolute Gasteiger partial charge is 0.433 e. The molecule has 0 fully saturated rings. The Morgan fingerprint density at radius 2 is 1.71 bits per heavy atom. The van der Waals surface area contributed by atoms with Gasteiger partial charge in [0, 0.05) is 11.3 Å².